The minimum atomic E-state index is -2.01. The van der Waals surface area contributed by atoms with Gasteiger partial charge in [-0.05, 0) is 162 Å². The lowest BCUT2D eigenvalue weighted by Crippen LogP contribution is -2.43. The van der Waals surface area contributed by atoms with Gasteiger partial charge in [0.15, 0.2) is 17.7 Å². The molecule has 4 aromatic rings. The Bertz CT molecular complexity index is 2330. The van der Waals surface area contributed by atoms with Crippen LogP contribution in [-0.4, -0.2) is 62.5 Å². The topological polar surface area (TPSA) is 92.5 Å². The van der Waals surface area contributed by atoms with Gasteiger partial charge in [-0.25, -0.2) is 15.0 Å². The van der Waals surface area contributed by atoms with Crippen molar-refractivity contribution in [3.05, 3.63) is 123 Å². The molecule has 0 bridgehead atoms. The summed E-state index contributed by atoms with van der Waals surface area (Å²) in [6, 6.07) is 25.0. The van der Waals surface area contributed by atoms with Crippen LogP contribution in [0.3, 0.4) is 0 Å². The van der Waals surface area contributed by atoms with Crippen molar-refractivity contribution < 1.29 is 27.5 Å². The second kappa shape index (κ2) is 19.5. The number of hydrogen-bond donors (Lipinski definition) is 0. The van der Waals surface area contributed by atoms with Crippen LogP contribution in [0.4, 0.5) is 0 Å². The van der Waals surface area contributed by atoms with E-state index >= 15 is 0 Å². The average molecular weight is 989 g/mol. The first kappa shape index (κ1) is 52.2. The molecule has 0 spiro atoms. The van der Waals surface area contributed by atoms with Gasteiger partial charge in [-0.15, -0.1) is 0 Å². The minimum Gasteiger partial charge on any atom is -0.543 e. The van der Waals surface area contributed by atoms with E-state index in [1.54, 1.807) is 0 Å². The lowest BCUT2D eigenvalue weighted by Gasteiger charge is -2.36. The molecule has 0 saturated carbocycles. The minimum absolute atomic E-state index is 0.0978. The standard InChI is InChI=1S/C57H81N3O6Si3/c1-37-46(31-52-58-49(34-61-52)40-22-19-25-43(28-40)64-67(13,14)55(4,5)6)38(2)48(33-54-60-51(36-63-54)42-24-21-27-45(30-42)66-69(17,18)57(10,11)12)39(3)47(37)32-53-59-50(35-62-53)41-23-20-26-44(29-41)65-68(15,16)56(7,8)9/h19-30,49-51H,31-36H2,1-18H3/t49-,50-,51-/m1/s1. The second-order valence-corrected chi connectivity index (χ2v) is 38.4. The third-order valence-electron chi connectivity index (χ3n) is 16.1. The molecule has 9 nitrogen and oxygen atoms in total. The summed E-state index contributed by atoms with van der Waals surface area (Å²) in [7, 11) is -6.04. The van der Waals surface area contributed by atoms with Gasteiger partial charge in [0, 0.05) is 19.3 Å². The van der Waals surface area contributed by atoms with Crippen molar-refractivity contribution in [1.82, 2.24) is 0 Å². The summed E-state index contributed by atoms with van der Waals surface area (Å²) >= 11 is 0. The van der Waals surface area contributed by atoms with Crippen LogP contribution >= 0.6 is 0 Å². The molecule has 0 amide bonds. The van der Waals surface area contributed by atoms with Crippen LogP contribution in [0.25, 0.3) is 0 Å². The van der Waals surface area contributed by atoms with Gasteiger partial charge in [0.05, 0.1) is 0 Å². The molecule has 0 unspecified atom stereocenters. The molecule has 0 radical (unpaired) electrons. The van der Waals surface area contributed by atoms with Crippen molar-refractivity contribution in [3.63, 3.8) is 0 Å². The van der Waals surface area contributed by atoms with Crippen LogP contribution in [0.5, 0.6) is 17.2 Å². The quantitative estimate of drug-likeness (QED) is 0.110. The predicted octanol–water partition coefficient (Wildman–Crippen LogP) is 14.9. The Morgan fingerprint density at radius 3 is 0.913 bits per heavy atom. The number of hydrogen-bond acceptors (Lipinski definition) is 9. The average Bonchev–Trinajstić information content (AvgIpc) is 4.04. The van der Waals surface area contributed by atoms with E-state index in [1.807, 2.05) is 0 Å². The maximum absolute atomic E-state index is 6.70. The molecule has 69 heavy (non-hydrogen) atoms. The highest BCUT2D eigenvalue weighted by Gasteiger charge is 2.41. The molecule has 0 aromatic heterocycles. The molecule has 3 heterocycles. The number of benzene rings is 4. The van der Waals surface area contributed by atoms with Crippen LogP contribution in [0.15, 0.2) is 87.8 Å². The van der Waals surface area contributed by atoms with Crippen molar-refractivity contribution in [2.45, 2.75) is 175 Å². The molecule has 3 atom stereocenters. The van der Waals surface area contributed by atoms with Crippen LogP contribution < -0.4 is 13.3 Å². The smallest absolute Gasteiger partial charge is 0.250 e. The van der Waals surface area contributed by atoms with Crippen molar-refractivity contribution in [1.29, 1.82) is 0 Å². The van der Waals surface area contributed by atoms with E-state index in [9.17, 15) is 0 Å². The van der Waals surface area contributed by atoms with Crippen molar-refractivity contribution in [2.24, 2.45) is 15.0 Å². The van der Waals surface area contributed by atoms with Crippen molar-refractivity contribution >= 4 is 42.6 Å². The van der Waals surface area contributed by atoms with Gasteiger partial charge in [-0.3, -0.25) is 0 Å². The molecular formula is C57H81N3O6Si3. The van der Waals surface area contributed by atoms with E-state index in [-0.39, 0.29) is 33.2 Å². The lowest BCUT2D eigenvalue weighted by atomic mass is 9.84. The van der Waals surface area contributed by atoms with Crippen molar-refractivity contribution in [3.8, 4) is 17.2 Å². The maximum Gasteiger partial charge on any atom is 0.250 e. The maximum atomic E-state index is 6.70. The lowest BCUT2D eigenvalue weighted by molar-refractivity contribution is 0.313. The molecule has 3 aliphatic rings. The zero-order valence-electron chi connectivity index (χ0n) is 45.2. The first-order chi connectivity index (χ1) is 32.0. The molecular weight excluding hydrogens is 907 g/mol. The van der Waals surface area contributed by atoms with Gasteiger partial charge < -0.3 is 27.5 Å². The molecule has 0 fully saturated rings. The van der Waals surface area contributed by atoms with E-state index in [0.717, 1.165) is 51.6 Å². The van der Waals surface area contributed by atoms with E-state index in [2.05, 4.69) is 195 Å². The predicted molar refractivity (Wildman–Crippen MR) is 293 cm³/mol. The van der Waals surface area contributed by atoms with Gasteiger partial charge >= 0.3 is 0 Å². The highest BCUT2D eigenvalue weighted by molar-refractivity contribution is 6.75. The Labute approximate surface area is 418 Å². The molecule has 0 saturated heterocycles. The summed E-state index contributed by atoms with van der Waals surface area (Å²) in [5, 5.41) is 0.293. The van der Waals surface area contributed by atoms with E-state index in [1.165, 1.54) is 33.4 Å². The van der Waals surface area contributed by atoms with Crippen LogP contribution in [0.1, 0.15) is 131 Å². The molecule has 372 valence electrons. The molecule has 12 heteroatoms. The third kappa shape index (κ3) is 11.8. The molecule has 0 aliphatic carbocycles. The van der Waals surface area contributed by atoms with Gasteiger partial charge in [-0.1, -0.05) is 98.7 Å². The first-order valence-electron chi connectivity index (χ1n) is 25.1. The number of nitrogens with zero attached hydrogens (tertiary/aromatic N) is 3. The fraction of sp³-hybridized carbons (Fsp3) is 0.526. The summed E-state index contributed by atoms with van der Waals surface area (Å²) in [5.41, 5.74) is 10.5. The Balaban J connectivity index is 1.19. The zero-order chi connectivity index (χ0) is 50.5. The Morgan fingerprint density at radius 1 is 0.435 bits per heavy atom. The first-order valence-corrected chi connectivity index (χ1v) is 33.8. The van der Waals surface area contributed by atoms with Crippen LogP contribution in [0.2, 0.25) is 54.4 Å². The number of ether oxygens (including phenoxy) is 3. The van der Waals surface area contributed by atoms with E-state index < -0.39 is 25.0 Å². The second-order valence-electron chi connectivity index (χ2n) is 24.2. The zero-order valence-corrected chi connectivity index (χ0v) is 48.2. The van der Waals surface area contributed by atoms with Gasteiger partial charge in [0.1, 0.15) is 55.2 Å². The summed E-state index contributed by atoms with van der Waals surface area (Å²) in [5.74, 6) is 4.93. The monoisotopic (exact) mass is 988 g/mol. The molecule has 7 rings (SSSR count). The SMILES string of the molecule is Cc1c(CC2=N[C@@H](c3cccc(O[Si](C)(C)C(C)(C)C)c3)CO2)c(C)c(CC2=N[C@@H](c3cccc(O[Si](C)(C)C(C)(C)C)c3)CO2)c(C)c1CC1=N[C@@H](c2cccc(O[Si](C)(C)C(C)(C)C)c2)CO1. The van der Waals surface area contributed by atoms with E-state index in [0.29, 0.717) is 39.1 Å². The number of aliphatic imine (C=N–C) groups is 3. The fourth-order valence-corrected chi connectivity index (χ4v) is 11.5. The molecule has 4 aromatic carbocycles. The van der Waals surface area contributed by atoms with Crippen molar-refractivity contribution in [2.75, 3.05) is 19.8 Å². The van der Waals surface area contributed by atoms with Gasteiger partial charge in [-0.2, -0.15) is 0 Å². The Hall–Kier alpha value is -4.66. The third-order valence-corrected chi connectivity index (χ3v) is 29.2. The summed E-state index contributed by atoms with van der Waals surface area (Å²) in [6.45, 7) is 42.3. The highest BCUT2D eigenvalue weighted by atomic mass is 28.4. The largest absolute Gasteiger partial charge is 0.543 e. The Kier molecular flexibility index (Phi) is 14.7. The fourth-order valence-electron chi connectivity index (χ4n) is 8.41. The summed E-state index contributed by atoms with van der Waals surface area (Å²) < 4.78 is 39.5. The Morgan fingerprint density at radius 2 is 0.681 bits per heavy atom. The summed E-state index contributed by atoms with van der Waals surface area (Å²) in [4.78, 5) is 15.7. The van der Waals surface area contributed by atoms with Crippen LogP contribution in [-0.2, 0) is 33.5 Å². The number of rotatable bonds is 15. The molecule has 0 N–H and O–H groups in total. The molecule has 3 aliphatic heterocycles. The van der Waals surface area contributed by atoms with Crippen LogP contribution in [0, 0.1) is 20.8 Å². The normalized spacial score (nSPS) is 19.0. The summed E-state index contributed by atoms with van der Waals surface area (Å²) in [6.07, 6.45) is 1.72. The van der Waals surface area contributed by atoms with Gasteiger partial charge in [0.25, 0.3) is 0 Å². The van der Waals surface area contributed by atoms with Gasteiger partial charge in [0.2, 0.25) is 25.0 Å². The van der Waals surface area contributed by atoms with E-state index in [4.69, 9.17) is 42.5 Å². The highest BCUT2D eigenvalue weighted by Crippen LogP contribution is 2.42.